The van der Waals surface area contributed by atoms with E-state index in [9.17, 15) is 9.18 Å². The van der Waals surface area contributed by atoms with Crippen LogP contribution < -0.4 is 5.32 Å². The van der Waals surface area contributed by atoms with Crippen LogP contribution in [0.5, 0.6) is 0 Å². The van der Waals surface area contributed by atoms with E-state index in [4.69, 9.17) is 0 Å². The van der Waals surface area contributed by atoms with Crippen LogP contribution in [0, 0.1) is 5.82 Å². The van der Waals surface area contributed by atoms with Crippen LogP contribution in [-0.2, 0) is 4.79 Å². The molecule has 1 aromatic carbocycles. The fraction of sp³-hybridized carbons (Fsp3) is 0.562. The summed E-state index contributed by atoms with van der Waals surface area (Å²) in [5.41, 5.74) is -0.0963. The van der Waals surface area contributed by atoms with Crippen molar-refractivity contribution in [3.63, 3.8) is 0 Å². The molecule has 0 saturated carbocycles. The number of likely N-dealkylation sites (N-methyl/N-ethyl adjacent to an activating group) is 1. The van der Waals surface area contributed by atoms with Gasteiger partial charge in [-0.15, -0.1) is 0 Å². The van der Waals surface area contributed by atoms with E-state index in [1.165, 1.54) is 6.07 Å². The van der Waals surface area contributed by atoms with Gasteiger partial charge in [0.15, 0.2) is 0 Å². The minimum atomic E-state index is -0.626. The summed E-state index contributed by atoms with van der Waals surface area (Å²) in [6.07, 6.45) is 0.276. The SMILES string of the molecule is CCC1(C)NC(c2ccccc2F)N(CCN(C)C)C1=O. The number of nitrogens with one attached hydrogen (secondary N) is 1. The van der Waals surface area contributed by atoms with E-state index in [1.54, 1.807) is 23.1 Å². The van der Waals surface area contributed by atoms with Gasteiger partial charge < -0.3 is 9.80 Å². The summed E-state index contributed by atoms with van der Waals surface area (Å²) < 4.78 is 14.1. The lowest BCUT2D eigenvalue weighted by molar-refractivity contribution is -0.133. The highest BCUT2D eigenvalue weighted by Gasteiger charge is 2.47. The van der Waals surface area contributed by atoms with Gasteiger partial charge in [0.1, 0.15) is 12.0 Å². The number of amides is 1. The number of hydrogen-bond donors (Lipinski definition) is 1. The molecule has 5 heteroatoms. The van der Waals surface area contributed by atoms with Crippen LogP contribution in [0.2, 0.25) is 0 Å². The number of carbonyl (C=O) groups excluding carboxylic acids is 1. The van der Waals surface area contributed by atoms with Crippen LogP contribution in [-0.4, -0.2) is 48.4 Å². The van der Waals surface area contributed by atoms with E-state index >= 15 is 0 Å². The molecule has 1 amide bonds. The van der Waals surface area contributed by atoms with Crippen molar-refractivity contribution in [2.24, 2.45) is 0 Å². The first-order valence-corrected chi connectivity index (χ1v) is 7.37. The molecular formula is C16H24FN3O. The molecule has 2 unspecified atom stereocenters. The summed E-state index contributed by atoms with van der Waals surface area (Å²) in [5.74, 6) is -0.238. The fourth-order valence-electron chi connectivity index (χ4n) is 2.61. The number of nitrogens with zero attached hydrogens (tertiary/aromatic N) is 2. The maximum atomic E-state index is 14.1. The predicted molar refractivity (Wildman–Crippen MR) is 81.2 cm³/mol. The molecule has 116 valence electrons. The Morgan fingerprint density at radius 2 is 2.05 bits per heavy atom. The zero-order valence-corrected chi connectivity index (χ0v) is 13.2. The van der Waals surface area contributed by atoms with Gasteiger partial charge in [-0.05, 0) is 33.5 Å². The zero-order valence-electron chi connectivity index (χ0n) is 13.2. The molecule has 1 fully saturated rings. The fourth-order valence-corrected chi connectivity index (χ4v) is 2.61. The summed E-state index contributed by atoms with van der Waals surface area (Å²) in [6, 6.07) is 6.65. The van der Waals surface area contributed by atoms with Crippen molar-refractivity contribution < 1.29 is 9.18 Å². The molecule has 0 aromatic heterocycles. The minimum absolute atomic E-state index is 0.0418. The van der Waals surface area contributed by atoms with E-state index in [0.29, 0.717) is 18.5 Å². The van der Waals surface area contributed by atoms with Crippen LogP contribution in [0.3, 0.4) is 0 Å². The third-order valence-electron chi connectivity index (χ3n) is 4.19. The standard InChI is InChI=1S/C16H24FN3O/c1-5-16(2)15(21)20(11-10-19(3)4)14(18-16)12-8-6-7-9-13(12)17/h6-9,14,18H,5,10-11H2,1-4H3. The minimum Gasteiger partial charge on any atom is -0.320 e. The molecule has 1 aromatic rings. The van der Waals surface area contributed by atoms with Gasteiger partial charge in [-0.1, -0.05) is 25.1 Å². The van der Waals surface area contributed by atoms with Gasteiger partial charge in [-0.2, -0.15) is 0 Å². The lowest BCUT2D eigenvalue weighted by Crippen LogP contribution is -2.43. The maximum Gasteiger partial charge on any atom is 0.244 e. The Morgan fingerprint density at radius 1 is 1.38 bits per heavy atom. The van der Waals surface area contributed by atoms with E-state index in [-0.39, 0.29) is 11.7 Å². The van der Waals surface area contributed by atoms with Crippen molar-refractivity contribution in [2.45, 2.75) is 32.0 Å². The molecule has 1 N–H and O–H groups in total. The van der Waals surface area contributed by atoms with Gasteiger partial charge in [0.2, 0.25) is 5.91 Å². The number of halogens is 1. The summed E-state index contributed by atoms with van der Waals surface area (Å²) in [4.78, 5) is 16.5. The highest BCUT2D eigenvalue weighted by Crippen LogP contribution is 2.33. The van der Waals surface area contributed by atoms with Crippen molar-refractivity contribution in [3.05, 3.63) is 35.6 Å². The van der Waals surface area contributed by atoms with Crippen molar-refractivity contribution >= 4 is 5.91 Å². The van der Waals surface area contributed by atoms with Gasteiger partial charge in [0.25, 0.3) is 0 Å². The first kappa shape index (κ1) is 15.9. The number of carbonyl (C=O) groups is 1. The Morgan fingerprint density at radius 3 is 2.62 bits per heavy atom. The third-order valence-corrected chi connectivity index (χ3v) is 4.19. The number of hydrogen-bond acceptors (Lipinski definition) is 3. The van der Waals surface area contributed by atoms with Gasteiger partial charge >= 0.3 is 0 Å². The first-order chi connectivity index (χ1) is 9.89. The Bertz CT molecular complexity index is 520. The molecule has 0 aliphatic carbocycles. The second kappa shape index (κ2) is 6.12. The highest BCUT2D eigenvalue weighted by molar-refractivity contribution is 5.88. The molecule has 2 rings (SSSR count). The molecular weight excluding hydrogens is 269 g/mol. The van der Waals surface area contributed by atoms with Crippen molar-refractivity contribution in [1.82, 2.24) is 15.1 Å². The van der Waals surface area contributed by atoms with Gasteiger partial charge in [-0.3, -0.25) is 10.1 Å². The Labute approximate surface area is 125 Å². The summed E-state index contributed by atoms with van der Waals surface area (Å²) in [6.45, 7) is 5.18. The Balaban J connectivity index is 2.32. The maximum absolute atomic E-state index is 14.1. The van der Waals surface area contributed by atoms with E-state index in [0.717, 1.165) is 6.54 Å². The topological polar surface area (TPSA) is 35.6 Å². The highest BCUT2D eigenvalue weighted by atomic mass is 19.1. The van der Waals surface area contributed by atoms with Crippen molar-refractivity contribution in [1.29, 1.82) is 0 Å². The van der Waals surface area contributed by atoms with E-state index in [2.05, 4.69) is 5.32 Å². The Hall–Kier alpha value is -1.46. The van der Waals surface area contributed by atoms with Gasteiger partial charge in [-0.25, -0.2) is 4.39 Å². The smallest absolute Gasteiger partial charge is 0.244 e. The first-order valence-electron chi connectivity index (χ1n) is 7.37. The largest absolute Gasteiger partial charge is 0.320 e. The second-order valence-electron chi connectivity index (χ2n) is 6.06. The lowest BCUT2D eigenvalue weighted by Gasteiger charge is -2.26. The molecule has 0 bridgehead atoms. The molecule has 1 aliphatic heterocycles. The summed E-state index contributed by atoms with van der Waals surface area (Å²) in [5, 5.41) is 3.32. The van der Waals surface area contributed by atoms with Gasteiger partial charge in [0, 0.05) is 18.7 Å². The Kier molecular flexibility index (Phi) is 4.64. The summed E-state index contributed by atoms with van der Waals surface area (Å²) >= 11 is 0. The zero-order chi connectivity index (χ0) is 15.6. The van der Waals surface area contributed by atoms with Crippen LogP contribution in [0.4, 0.5) is 4.39 Å². The van der Waals surface area contributed by atoms with Crippen LogP contribution in [0.25, 0.3) is 0 Å². The molecule has 0 spiro atoms. The van der Waals surface area contributed by atoms with Crippen LogP contribution in [0.15, 0.2) is 24.3 Å². The van der Waals surface area contributed by atoms with E-state index in [1.807, 2.05) is 32.8 Å². The summed E-state index contributed by atoms with van der Waals surface area (Å²) in [7, 11) is 3.93. The molecule has 0 radical (unpaired) electrons. The van der Waals surface area contributed by atoms with Crippen molar-refractivity contribution in [3.8, 4) is 0 Å². The number of rotatable bonds is 5. The normalized spacial score (nSPS) is 25.9. The second-order valence-corrected chi connectivity index (χ2v) is 6.06. The quantitative estimate of drug-likeness (QED) is 0.902. The van der Waals surface area contributed by atoms with Gasteiger partial charge in [0.05, 0.1) is 5.54 Å². The monoisotopic (exact) mass is 293 g/mol. The molecule has 21 heavy (non-hydrogen) atoms. The van der Waals surface area contributed by atoms with E-state index < -0.39 is 11.7 Å². The van der Waals surface area contributed by atoms with Crippen LogP contribution >= 0.6 is 0 Å². The molecule has 1 saturated heterocycles. The molecule has 2 atom stereocenters. The third kappa shape index (κ3) is 3.09. The molecule has 1 aliphatic rings. The van der Waals surface area contributed by atoms with Crippen molar-refractivity contribution in [2.75, 3.05) is 27.2 Å². The molecule has 4 nitrogen and oxygen atoms in total. The lowest BCUT2D eigenvalue weighted by atomic mass is 9.99. The number of benzene rings is 1. The average Bonchev–Trinajstić information content (AvgIpc) is 2.70. The van der Waals surface area contributed by atoms with Crippen LogP contribution in [0.1, 0.15) is 32.0 Å². The average molecular weight is 293 g/mol. The predicted octanol–water partition coefficient (Wildman–Crippen LogP) is 1.99. The molecule has 1 heterocycles.